The zero-order chi connectivity index (χ0) is 28.1. The van der Waals surface area contributed by atoms with Crippen LogP contribution in [0.1, 0.15) is 34.7 Å². The topological polar surface area (TPSA) is 79.3 Å². The van der Waals surface area contributed by atoms with Crippen molar-refractivity contribution in [2.75, 3.05) is 39.4 Å². The van der Waals surface area contributed by atoms with Crippen molar-refractivity contribution >= 4 is 29.1 Å². The Balaban J connectivity index is 1.42. The Kier molecular flexibility index (Phi) is 8.85. The number of hydrogen-bond donors (Lipinski definition) is 1. The van der Waals surface area contributed by atoms with Crippen LogP contribution in [-0.4, -0.2) is 66.0 Å². The van der Waals surface area contributed by atoms with E-state index in [1.54, 1.807) is 41.3 Å². The number of carbonyl (C=O) groups excluding carboxylic acids is 2. The largest absolute Gasteiger partial charge is 0.507 e. The van der Waals surface area contributed by atoms with Crippen LogP contribution >= 0.6 is 11.6 Å². The van der Waals surface area contributed by atoms with Gasteiger partial charge in [-0.2, -0.15) is 0 Å². The maximum atomic E-state index is 13.4. The number of morpholine rings is 1. The minimum atomic E-state index is -0.713. The SMILES string of the molecule is Cc1cc(OCc2ccccc2)ccc1/C(O)=C1\C(=O)C(=O)N(CCCN2CCOCC2)[C@H]1c1ccc(Cl)cc1. The van der Waals surface area contributed by atoms with Crippen molar-refractivity contribution in [3.05, 3.63) is 106 Å². The number of likely N-dealkylation sites (tertiary alicyclic amines) is 1. The first kappa shape index (κ1) is 27.9. The van der Waals surface area contributed by atoms with E-state index in [0.29, 0.717) is 49.1 Å². The van der Waals surface area contributed by atoms with E-state index < -0.39 is 17.7 Å². The van der Waals surface area contributed by atoms with Gasteiger partial charge in [-0.1, -0.05) is 54.1 Å². The molecule has 0 spiro atoms. The highest BCUT2D eigenvalue weighted by Crippen LogP contribution is 2.40. The molecule has 0 bridgehead atoms. The number of aliphatic hydroxyl groups is 1. The molecule has 3 aromatic rings. The Morgan fingerprint density at radius 1 is 1.00 bits per heavy atom. The molecular formula is C32H33ClN2O5. The Morgan fingerprint density at radius 2 is 1.73 bits per heavy atom. The molecule has 7 nitrogen and oxygen atoms in total. The molecule has 2 aliphatic heterocycles. The molecule has 40 heavy (non-hydrogen) atoms. The molecular weight excluding hydrogens is 528 g/mol. The number of Topliss-reactive ketones (excluding diaryl/α,β-unsaturated/α-hetero) is 1. The van der Waals surface area contributed by atoms with Crippen molar-refractivity contribution in [1.29, 1.82) is 0 Å². The van der Waals surface area contributed by atoms with Crippen molar-refractivity contribution in [3.63, 3.8) is 0 Å². The number of halogens is 1. The summed E-state index contributed by atoms with van der Waals surface area (Å²) in [7, 11) is 0. The maximum Gasteiger partial charge on any atom is 0.295 e. The van der Waals surface area contributed by atoms with Crippen LogP contribution in [-0.2, 0) is 20.9 Å². The molecule has 1 atom stereocenters. The summed E-state index contributed by atoms with van der Waals surface area (Å²) in [4.78, 5) is 30.6. The summed E-state index contributed by atoms with van der Waals surface area (Å²) in [6.45, 7) is 6.54. The van der Waals surface area contributed by atoms with Crippen LogP contribution in [0, 0.1) is 6.92 Å². The van der Waals surface area contributed by atoms with E-state index >= 15 is 0 Å². The summed E-state index contributed by atoms with van der Waals surface area (Å²) in [5.74, 6) is -0.839. The summed E-state index contributed by atoms with van der Waals surface area (Å²) in [6, 6.07) is 21.5. The lowest BCUT2D eigenvalue weighted by atomic mass is 9.94. The molecule has 0 saturated carbocycles. The van der Waals surface area contributed by atoms with Crippen LogP contribution in [0.2, 0.25) is 5.02 Å². The predicted molar refractivity (Wildman–Crippen MR) is 154 cm³/mol. The molecule has 0 radical (unpaired) electrons. The van der Waals surface area contributed by atoms with Gasteiger partial charge in [0.1, 0.15) is 18.1 Å². The molecule has 0 unspecified atom stereocenters. The summed E-state index contributed by atoms with van der Waals surface area (Å²) in [6.07, 6.45) is 0.698. The van der Waals surface area contributed by atoms with Gasteiger partial charge in [-0.05, 0) is 60.4 Å². The Hall–Kier alpha value is -3.65. The first-order chi connectivity index (χ1) is 19.4. The summed E-state index contributed by atoms with van der Waals surface area (Å²) < 4.78 is 11.4. The van der Waals surface area contributed by atoms with Gasteiger partial charge in [0.15, 0.2) is 0 Å². The molecule has 2 aliphatic rings. The number of ether oxygens (including phenoxy) is 2. The molecule has 2 heterocycles. The van der Waals surface area contributed by atoms with Gasteiger partial charge in [0, 0.05) is 36.8 Å². The number of aryl methyl sites for hydroxylation is 1. The lowest BCUT2D eigenvalue weighted by Gasteiger charge is -2.29. The molecule has 3 aromatic carbocycles. The van der Waals surface area contributed by atoms with E-state index in [1.165, 1.54) is 0 Å². The molecule has 8 heteroatoms. The van der Waals surface area contributed by atoms with E-state index in [1.807, 2.05) is 43.3 Å². The fraction of sp³-hybridized carbons (Fsp3) is 0.312. The zero-order valence-corrected chi connectivity index (χ0v) is 23.3. The molecule has 1 N–H and O–H groups in total. The Labute approximate surface area is 239 Å². The minimum absolute atomic E-state index is 0.0831. The average Bonchev–Trinajstić information content (AvgIpc) is 3.22. The predicted octanol–water partition coefficient (Wildman–Crippen LogP) is 5.37. The second-order valence-electron chi connectivity index (χ2n) is 10.1. The smallest absolute Gasteiger partial charge is 0.295 e. The lowest BCUT2D eigenvalue weighted by molar-refractivity contribution is -0.140. The fourth-order valence-electron chi connectivity index (χ4n) is 5.27. The summed E-state index contributed by atoms with van der Waals surface area (Å²) in [5.41, 5.74) is 3.06. The van der Waals surface area contributed by atoms with Gasteiger partial charge in [-0.15, -0.1) is 0 Å². The third-order valence-corrected chi connectivity index (χ3v) is 7.66. The minimum Gasteiger partial charge on any atom is -0.507 e. The number of amides is 1. The third kappa shape index (κ3) is 6.22. The molecule has 1 amide bonds. The number of carbonyl (C=O) groups is 2. The number of nitrogens with zero attached hydrogens (tertiary/aromatic N) is 2. The Morgan fingerprint density at radius 3 is 2.42 bits per heavy atom. The number of ketones is 1. The summed E-state index contributed by atoms with van der Waals surface area (Å²) >= 11 is 6.14. The van der Waals surface area contributed by atoms with Crippen LogP contribution < -0.4 is 4.74 Å². The van der Waals surface area contributed by atoms with Crippen LogP contribution in [0.5, 0.6) is 5.75 Å². The monoisotopic (exact) mass is 560 g/mol. The molecule has 5 rings (SSSR count). The first-order valence-electron chi connectivity index (χ1n) is 13.5. The van der Waals surface area contributed by atoms with Gasteiger partial charge >= 0.3 is 0 Å². The van der Waals surface area contributed by atoms with Crippen LogP contribution in [0.15, 0.2) is 78.4 Å². The van der Waals surface area contributed by atoms with E-state index in [-0.39, 0.29) is 11.3 Å². The summed E-state index contributed by atoms with van der Waals surface area (Å²) in [5, 5.41) is 12.1. The van der Waals surface area contributed by atoms with Gasteiger partial charge in [-0.3, -0.25) is 14.5 Å². The Bertz CT molecular complexity index is 1380. The van der Waals surface area contributed by atoms with Crippen molar-refractivity contribution in [1.82, 2.24) is 9.80 Å². The average molecular weight is 561 g/mol. The zero-order valence-electron chi connectivity index (χ0n) is 22.5. The van der Waals surface area contributed by atoms with Gasteiger partial charge in [0.2, 0.25) is 0 Å². The molecule has 208 valence electrons. The number of aliphatic hydroxyl groups excluding tert-OH is 1. The number of benzene rings is 3. The van der Waals surface area contributed by atoms with Gasteiger partial charge in [0.25, 0.3) is 11.7 Å². The van der Waals surface area contributed by atoms with E-state index in [9.17, 15) is 14.7 Å². The number of hydrogen-bond acceptors (Lipinski definition) is 6. The third-order valence-electron chi connectivity index (χ3n) is 7.40. The molecule has 2 saturated heterocycles. The second-order valence-corrected chi connectivity index (χ2v) is 10.5. The molecule has 2 fully saturated rings. The lowest BCUT2D eigenvalue weighted by Crippen LogP contribution is -2.38. The van der Waals surface area contributed by atoms with Crippen molar-refractivity contribution in [3.8, 4) is 5.75 Å². The van der Waals surface area contributed by atoms with Crippen LogP contribution in [0.25, 0.3) is 5.76 Å². The van der Waals surface area contributed by atoms with Crippen LogP contribution in [0.4, 0.5) is 0 Å². The quantitative estimate of drug-likeness (QED) is 0.215. The highest BCUT2D eigenvalue weighted by molar-refractivity contribution is 6.46. The van der Waals surface area contributed by atoms with Crippen LogP contribution in [0.3, 0.4) is 0 Å². The molecule has 0 aromatic heterocycles. The number of rotatable bonds is 9. The van der Waals surface area contributed by atoms with E-state index in [2.05, 4.69) is 4.90 Å². The molecule has 0 aliphatic carbocycles. The highest BCUT2D eigenvalue weighted by Gasteiger charge is 2.46. The van der Waals surface area contributed by atoms with Crippen molar-refractivity contribution in [2.45, 2.75) is 26.0 Å². The van der Waals surface area contributed by atoms with E-state index in [0.717, 1.165) is 36.3 Å². The first-order valence-corrected chi connectivity index (χ1v) is 13.9. The fourth-order valence-corrected chi connectivity index (χ4v) is 5.40. The van der Waals surface area contributed by atoms with Gasteiger partial charge in [-0.25, -0.2) is 0 Å². The maximum absolute atomic E-state index is 13.4. The van der Waals surface area contributed by atoms with Crippen molar-refractivity contribution < 1.29 is 24.2 Å². The second kappa shape index (κ2) is 12.7. The van der Waals surface area contributed by atoms with Crippen molar-refractivity contribution in [2.24, 2.45) is 0 Å². The van der Waals surface area contributed by atoms with Gasteiger partial charge < -0.3 is 19.5 Å². The van der Waals surface area contributed by atoms with E-state index in [4.69, 9.17) is 21.1 Å². The highest BCUT2D eigenvalue weighted by atomic mass is 35.5. The normalized spacial score (nSPS) is 19.2. The standard InChI is InChI=1S/C32H33ClN2O5/c1-22-20-26(40-21-23-6-3-2-4-7-23)12-13-27(22)30(36)28-29(24-8-10-25(33)11-9-24)35(32(38)31(28)37)15-5-14-34-16-18-39-19-17-34/h2-4,6-13,20,29,36H,5,14-19,21H2,1H3/b30-28+/t29-/m0/s1. The van der Waals surface area contributed by atoms with Gasteiger partial charge in [0.05, 0.1) is 24.8 Å².